The number of nitrogens with zero attached hydrogens (tertiary/aromatic N) is 1. The van der Waals surface area contributed by atoms with E-state index in [0.29, 0.717) is 0 Å². The minimum atomic E-state index is -0.171. The molecule has 2 aromatic rings. The number of hydrogen-bond acceptors (Lipinski definition) is 1. The molecular formula is C16H15N. The van der Waals surface area contributed by atoms with E-state index in [9.17, 15) is 5.26 Å². The van der Waals surface area contributed by atoms with E-state index in [-0.39, 0.29) is 5.92 Å². The van der Waals surface area contributed by atoms with Crippen molar-refractivity contribution in [1.29, 1.82) is 5.26 Å². The minimum absolute atomic E-state index is 0.171. The second-order valence-corrected chi connectivity index (χ2v) is 4.39. The lowest BCUT2D eigenvalue weighted by Gasteiger charge is -2.10. The molecule has 0 fully saturated rings. The van der Waals surface area contributed by atoms with Crippen LogP contribution >= 0.6 is 0 Å². The molecule has 0 heterocycles. The second kappa shape index (κ2) is 4.84. The van der Waals surface area contributed by atoms with Gasteiger partial charge in [-0.15, -0.1) is 0 Å². The van der Waals surface area contributed by atoms with Gasteiger partial charge in [-0.25, -0.2) is 0 Å². The molecule has 0 aliphatic rings. The lowest BCUT2D eigenvalue weighted by atomic mass is 9.91. The molecule has 17 heavy (non-hydrogen) atoms. The molecule has 84 valence electrons. The van der Waals surface area contributed by atoms with Crippen LogP contribution in [0, 0.1) is 25.2 Å². The average molecular weight is 221 g/mol. The number of aryl methyl sites for hydroxylation is 2. The molecule has 2 rings (SSSR count). The third kappa shape index (κ3) is 2.54. The van der Waals surface area contributed by atoms with Crippen molar-refractivity contribution < 1.29 is 0 Å². The van der Waals surface area contributed by atoms with E-state index in [1.165, 1.54) is 11.1 Å². The number of hydrogen-bond donors (Lipinski definition) is 0. The maximum atomic E-state index is 9.34. The van der Waals surface area contributed by atoms with Gasteiger partial charge in [0, 0.05) is 0 Å². The fourth-order valence-electron chi connectivity index (χ4n) is 1.95. The molecule has 0 N–H and O–H groups in total. The Morgan fingerprint density at radius 3 is 2.18 bits per heavy atom. The Labute approximate surface area is 102 Å². The molecule has 1 unspecified atom stereocenters. The van der Waals surface area contributed by atoms with E-state index < -0.39 is 0 Å². The Morgan fingerprint density at radius 1 is 0.882 bits per heavy atom. The first kappa shape index (κ1) is 11.4. The molecule has 0 aliphatic carbocycles. The summed E-state index contributed by atoms with van der Waals surface area (Å²) in [7, 11) is 0. The van der Waals surface area contributed by atoms with E-state index >= 15 is 0 Å². The van der Waals surface area contributed by atoms with Crippen LogP contribution in [0.1, 0.15) is 28.2 Å². The lowest BCUT2D eigenvalue weighted by molar-refractivity contribution is 1.03. The van der Waals surface area contributed by atoms with E-state index in [0.717, 1.165) is 11.1 Å². The summed E-state index contributed by atoms with van der Waals surface area (Å²) in [6, 6.07) is 18.7. The summed E-state index contributed by atoms with van der Waals surface area (Å²) in [5.74, 6) is -0.171. The Morgan fingerprint density at radius 2 is 1.59 bits per heavy atom. The van der Waals surface area contributed by atoms with Crippen LogP contribution in [0.5, 0.6) is 0 Å². The molecular weight excluding hydrogens is 206 g/mol. The van der Waals surface area contributed by atoms with Crippen molar-refractivity contribution in [1.82, 2.24) is 0 Å². The highest BCUT2D eigenvalue weighted by atomic mass is 14.3. The highest BCUT2D eigenvalue weighted by Gasteiger charge is 2.12. The topological polar surface area (TPSA) is 23.8 Å². The SMILES string of the molecule is Cc1ccc(C(C#N)c2cccc(C)c2)cc1. The second-order valence-electron chi connectivity index (χ2n) is 4.39. The number of rotatable bonds is 2. The smallest absolute Gasteiger partial charge is 0.0962 e. The molecule has 0 aromatic heterocycles. The minimum Gasteiger partial charge on any atom is -0.197 e. The molecule has 0 spiro atoms. The van der Waals surface area contributed by atoms with Gasteiger partial charge in [0.15, 0.2) is 0 Å². The van der Waals surface area contributed by atoms with Crippen molar-refractivity contribution in [3.8, 4) is 6.07 Å². The van der Waals surface area contributed by atoms with Crippen LogP contribution in [0.25, 0.3) is 0 Å². The van der Waals surface area contributed by atoms with Gasteiger partial charge in [0.05, 0.1) is 12.0 Å². The van der Waals surface area contributed by atoms with Crippen molar-refractivity contribution in [3.05, 3.63) is 70.8 Å². The zero-order chi connectivity index (χ0) is 12.3. The highest BCUT2D eigenvalue weighted by Crippen LogP contribution is 2.24. The van der Waals surface area contributed by atoms with Gasteiger partial charge in [0.2, 0.25) is 0 Å². The Balaban J connectivity index is 2.41. The lowest BCUT2D eigenvalue weighted by Crippen LogP contribution is -1.98. The zero-order valence-electron chi connectivity index (χ0n) is 10.1. The van der Waals surface area contributed by atoms with Crippen molar-refractivity contribution in [2.45, 2.75) is 19.8 Å². The van der Waals surface area contributed by atoms with Crippen LogP contribution in [0.3, 0.4) is 0 Å². The normalized spacial score (nSPS) is 11.8. The first-order valence-electron chi connectivity index (χ1n) is 5.73. The summed E-state index contributed by atoms with van der Waals surface area (Å²) in [6.07, 6.45) is 0. The maximum absolute atomic E-state index is 9.34. The first-order chi connectivity index (χ1) is 8.20. The van der Waals surface area contributed by atoms with Crippen LogP contribution in [0.4, 0.5) is 0 Å². The van der Waals surface area contributed by atoms with Gasteiger partial charge in [-0.2, -0.15) is 5.26 Å². The van der Waals surface area contributed by atoms with Crippen LogP contribution in [-0.2, 0) is 0 Å². The number of benzene rings is 2. The van der Waals surface area contributed by atoms with Gasteiger partial charge in [-0.1, -0.05) is 59.7 Å². The summed E-state index contributed by atoms with van der Waals surface area (Å²) in [5.41, 5.74) is 4.53. The summed E-state index contributed by atoms with van der Waals surface area (Å²) in [5, 5.41) is 9.34. The van der Waals surface area contributed by atoms with Crippen molar-refractivity contribution in [2.75, 3.05) is 0 Å². The average Bonchev–Trinajstić information content (AvgIpc) is 2.33. The largest absolute Gasteiger partial charge is 0.197 e. The van der Waals surface area contributed by atoms with Gasteiger partial charge in [0.1, 0.15) is 0 Å². The van der Waals surface area contributed by atoms with Gasteiger partial charge in [-0.3, -0.25) is 0 Å². The Hall–Kier alpha value is -2.07. The fraction of sp³-hybridized carbons (Fsp3) is 0.188. The number of nitriles is 1. The van der Waals surface area contributed by atoms with E-state index in [1.54, 1.807) is 0 Å². The van der Waals surface area contributed by atoms with Gasteiger partial charge < -0.3 is 0 Å². The monoisotopic (exact) mass is 221 g/mol. The maximum Gasteiger partial charge on any atom is 0.0962 e. The predicted molar refractivity (Wildman–Crippen MR) is 69.8 cm³/mol. The van der Waals surface area contributed by atoms with E-state index in [2.05, 4.69) is 31.2 Å². The van der Waals surface area contributed by atoms with Crippen molar-refractivity contribution in [3.63, 3.8) is 0 Å². The fourth-order valence-corrected chi connectivity index (χ4v) is 1.95. The molecule has 1 nitrogen and oxygen atoms in total. The van der Waals surface area contributed by atoms with Crippen LogP contribution < -0.4 is 0 Å². The summed E-state index contributed by atoms with van der Waals surface area (Å²) in [6.45, 7) is 4.10. The molecule has 0 amide bonds. The summed E-state index contributed by atoms with van der Waals surface area (Å²) in [4.78, 5) is 0. The molecule has 1 heteroatoms. The quantitative estimate of drug-likeness (QED) is 0.753. The molecule has 0 saturated carbocycles. The van der Waals surface area contributed by atoms with Gasteiger partial charge in [0.25, 0.3) is 0 Å². The third-order valence-corrected chi connectivity index (χ3v) is 2.92. The van der Waals surface area contributed by atoms with E-state index in [1.807, 2.05) is 37.3 Å². The van der Waals surface area contributed by atoms with Crippen molar-refractivity contribution in [2.24, 2.45) is 0 Å². The highest BCUT2D eigenvalue weighted by molar-refractivity contribution is 5.40. The van der Waals surface area contributed by atoms with Gasteiger partial charge >= 0.3 is 0 Å². The van der Waals surface area contributed by atoms with Crippen LogP contribution in [0.15, 0.2) is 48.5 Å². The molecule has 2 aromatic carbocycles. The molecule has 0 bridgehead atoms. The molecule has 0 aliphatic heterocycles. The summed E-state index contributed by atoms with van der Waals surface area (Å²) < 4.78 is 0. The van der Waals surface area contributed by atoms with Crippen molar-refractivity contribution >= 4 is 0 Å². The Kier molecular flexibility index (Phi) is 3.25. The third-order valence-electron chi connectivity index (χ3n) is 2.92. The van der Waals surface area contributed by atoms with Crippen LogP contribution in [0.2, 0.25) is 0 Å². The van der Waals surface area contributed by atoms with Crippen LogP contribution in [-0.4, -0.2) is 0 Å². The Bertz CT molecular complexity index is 546. The predicted octanol–water partition coefficient (Wildman–Crippen LogP) is 3.96. The molecule has 1 atom stereocenters. The summed E-state index contributed by atoms with van der Waals surface area (Å²) >= 11 is 0. The van der Waals surface area contributed by atoms with Gasteiger partial charge in [-0.05, 0) is 25.0 Å². The zero-order valence-corrected chi connectivity index (χ0v) is 10.1. The molecule has 0 saturated heterocycles. The van der Waals surface area contributed by atoms with E-state index in [4.69, 9.17) is 0 Å². The standard InChI is InChI=1S/C16H15N/c1-12-6-8-14(9-7-12)16(11-17)15-5-3-4-13(2)10-15/h3-10,16H,1-2H3. The molecule has 0 radical (unpaired) electrons. The first-order valence-corrected chi connectivity index (χ1v) is 5.73.